The highest BCUT2D eigenvalue weighted by molar-refractivity contribution is 6.32. The van der Waals surface area contributed by atoms with Crippen molar-refractivity contribution in [3.63, 3.8) is 0 Å². The predicted molar refractivity (Wildman–Crippen MR) is 90.8 cm³/mol. The molecule has 2 rings (SSSR count). The first-order valence-electron chi connectivity index (χ1n) is 7.88. The first kappa shape index (κ1) is 18.8. The van der Waals surface area contributed by atoms with E-state index in [-0.39, 0.29) is 11.7 Å². The molecule has 0 radical (unpaired) electrons. The molecule has 134 valence electrons. The highest BCUT2D eigenvalue weighted by Crippen LogP contribution is 2.37. The first-order valence-corrected chi connectivity index (χ1v) is 8.26. The van der Waals surface area contributed by atoms with Crippen LogP contribution >= 0.6 is 11.6 Å². The number of nitrogens with zero attached hydrogens (tertiary/aromatic N) is 1. The Morgan fingerprint density at radius 1 is 1.50 bits per heavy atom. The van der Waals surface area contributed by atoms with Crippen molar-refractivity contribution in [2.45, 2.75) is 32.4 Å². The van der Waals surface area contributed by atoms with Gasteiger partial charge < -0.3 is 19.7 Å². The van der Waals surface area contributed by atoms with Crippen LogP contribution in [0.15, 0.2) is 12.1 Å². The number of halogens is 1. The fourth-order valence-corrected chi connectivity index (χ4v) is 3.13. The summed E-state index contributed by atoms with van der Waals surface area (Å²) in [6.45, 7) is 5.72. The van der Waals surface area contributed by atoms with E-state index in [0.29, 0.717) is 17.3 Å². The second kappa shape index (κ2) is 7.59. The molecule has 1 fully saturated rings. The standard InChI is InChI=1S/C17H24ClNO5/c1-11-8-19(5-4-17(11,2)22)9-12-6-13(18)16(14(7-12)23-3)24-10-15(20)21/h6-7,11,22H,4-5,8-10H2,1-3H3,(H,20,21)/t11-,17+/m1/s1. The largest absolute Gasteiger partial charge is 0.493 e. The minimum Gasteiger partial charge on any atom is -0.493 e. The Bertz CT molecular complexity index is 605. The third-order valence-electron chi connectivity index (χ3n) is 4.56. The molecule has 0 aliphatic carbocycles. The molecular weight excluding hydrogens is 334 g/mol. The number of benzene rings is 1. The Morgan fingerprint density at radius 3 is 2.79 bits per heavy atom. The Morgan fingerprint density at radius 2 is 2.21 bits per heavy atom. The lowest BCUT2D eigenvalue weighted by molar-refractivity contribution is -0.139. The predicted octanol–water partition coefficient (Wildman–Crippen LogP) is 2.40. The molecule has 0 amide bonds. The van der Waals surface area contributed by atoms with E-state index in [1.165, 1.54) is 7.11 Å². The number of carboxylic acids is 1. The Hall–Kier alpha value is -1.50. The maximum atomic E-state index is 10.7. The molecule has 0 unspecified atom stereocenters. The molecule has 0 bridgehead atoms. The van der Waals surface area contributed by atoms with Crippen LogP contribution in [0.5, 0.6) is 11.5 Å². The van der Waals surface area contributed by atoms with Crippen LogP contribution in [0.2, 0.25) is 5.02 Å². The van der Waals surface area contributed by atoms with Gasteiger partial charge in [-0.2, -0.15) is 0 Å². The molecule has 2 N–H and O–H groups in total. The zero-order chi connectivity index (χ0) is 17.9. The van der Waals surface area contributed by atoms with Gasteiger partial charge in [-0.3, -0.25) is 4.90 Å². The highest BCUT2D eigenvalue weighted by atomic mass is 35.5. The molecule has 0 aromatic heterocycles. The van der Waals surface area contributed by atoms with Gasteiger partial charge >= 0.3 is 5.97 Å². The molecule has 0 spiro atoms. The average Bonchev–Trinajstić information content (AvgIpc) is 2.49. The van der Waals surface area contributed by atoms with E-state index < -0.39 is 18.2 Å². The van der Waals surface area contributed by atoms with Gasteiger partial charge in [-0.15, -0.1) is 0 Å². The fraction of sp³-hybridized carbons (Fsp3) is 0.588. The van der Waals surface area contributed by atoms with E-state index in [4.69, 9.17) is 26.2 Å². The van der Waals surface area contributed by atoms with Crippen LogP contribution < -0.4 is 9.47 Å². The van der Waals surface area contributed by atoms with Crippen LogP contribution in [-0.2, 0) is 11.3 Å². The normalized spacial score (nSPS) is 24.6. The van der Waals surface area contributed by atoms with E-state index in [1.54, 1.807) is 12.1 Å². The van der Waals surface area contributed by atoms with Crippen LogP contribution in [0.4, 0.5) is 0 Å². The van der Waals surface area contributed by atoms with Crippen molar-refractivity contribution in [2.75, 3.05) is 26.8 Å². The Balaban J connectivity index is 2.11. The summed E-state index contributed by atoms with van der Waals surface area (Å²) in [5.74, 6) is -0.246. The summed E-state index contributed by atoms with van der Waals surface area (Å²) in [7, 11) is 1.49. The maximum absolute atomic E-state index is 10.7. The van der Waals surface area contributed by atoms with E-state index >= 15 is 0 Å². The van der Waals surface area contributed by atoms with Crippen molar-refractivity contribution in [3.05, 3.63) is 22.7 Å². The van der Waals surface area contributed by atoms with Crippen LogP contribution in [0.1, 0.15) is 25.8 Å². The summed E-state index contributed by atoms with van der Waals surface area (Å²) in [6, 6.07) is 3.57. The summed E-state index contributed by atoms with van der Waals surface area (Å²) >= 11 is 6.23. The molecule has 24 heavy (non-hydrogen) atoms. The molecule has 1 aliphatic rings. The number of carboxylic acid groups (broad SMARTS) is 1. The lowest BCUT2D eigenvalue weighted by atomic mass is 9.84. The number of carbonyl (C=O) groups is 1. The summed E-state index contributed by atoms with van der Waals surface area (Å²) in [6.07, 6.45) is 0.721. The zero-order valence-corrected chi connectivity index (χ0v) is 15.0. The van der Waals surface area contributed by atoms with E-state index in [1.807, 2.05) is 13.8 Å². The number of aliphatic carboxylic acids is 1. The Kier molecular flexibility index (Phi) is 5.96. The van der Waals surface area contributed by atoms with Crippen LogP contribution in [0.3, 0.4) is 0 Å². The number of hydrogen-bond donors (Lipinski definition) is 2. The van der Waals surface area contributed by atoms with Crippen molar-refractivity contribution in [1.82, 2.24) is 4.90 Å². The molecule has 1 aromatic rings. The fourth-order valence-electron chi connectivity index (χ4n) is 2.85. The lowest BCUT2D eigenvalue weighted by Crippen LogP contribution is -2.48. The second-order valence-electron chi connectivity index (χ2n) is 6.53. The van der Waals surface area contributed by atoms with Gasteiger partial charge in [0, 0.05) is 19.6 Å². The third-order valence-corrected chi connectivity index (χ3v) is 4.84. The number of likely N-dealkylation sites (tertiary alicyclic amines) is 1. The van der Waals surface area contributed by atoms with Crippen LogP contribution in [0.25, 0.3) is 0 Å². The lowest BCUT2D eigenvalue weighted by Gasteiger charge is -2.41. The molecule has 6 nitrogen and oxygen atoms in total. The van der Waals surface area contributed by atoms with Crippen LogP contribution in [-0.4, -0.2) is 53.5 Å². The van der Waals surface area contributed by atoms with E-state index in [2.05, 4.69) is 4.90 Å². The van der Waals surface area contributed by atoms with Gasteiger partial charge in [0.15, 0.2) is 18.1 Å². The molecule has 2 atom stereocenters. The number of methoxy groups -OCH3 is 1. The monoisotopic (exact) mass is 357 g/mol. The zero-order valence-electron chi connectivity index (χ0n) is 14.2. The molecule has 7 heteroatoms. The van der Waals surface area contributed by atoms with Gasteiger partial charge in [0.05, 0.1) is 17.7 Å². The van der Waals surface area contributed by atoms with E-state index in [9.17, 15) is 9.90 Å². The summed E-state index contributed by atoms with van der Waals surface area (Å²) in [5.41, 5.74) is 0.327. The number of ether oxygens (including phenoxy) is 2. The van der Waals surface area contributed by atoms with Crippen molar-refractivity contribution in [3.8, 4) is 11.5 Å². The maximum Gasteiger partial charge on any atom is 0.341 e. The average molecular weight is 358 g/mol. The van der Waals surface area contributed by atoms with Gasteiger partial charge in [-0.1, -0.05) is 18.5 Å². The summed E-state index contributed by atoms with van der Waals surface area (Å²) in [5, 5.41) is 19.3. The third kappa shape index (κ3) is 4.53. The number of hydrogen-bond acceptors (Lipinski definition) is 5. The van der Waals surface area contributed by atoms with Gasteiger partial charge in [0.25, 0.3) is 0 Å². The quantitative estimate of drug-likeness (QED) is 0.814. The van der Waals surface area contributed by atoms with Crippen molar-refractivity contribution in [1.29, 1.82) is 0 Å². The number of piperidine rings is 1. The minimum absolute atomic E-state index is 0.182. The number of rotatable bonds is 6. The molecule has 1 aromatic carbocycles. The second-order valence-corrected chi connectivity index (χ2v) is 6.94. The minimum atomic E-state index is -1.08. The van der Waals surface area contributed by atoms with Gasteiger partial charge in [-0.05, 0) is 37.0 Å². The summed E-state index contributed by atoms with van der Waals surface area (Å²) in [4.78, 5) is 12.9. The molecular formula is C17H24ClNO5. The number of aliphatic hydroxyl groups is 1. The first-order chi connectivity index (χ1) is 11.2. The van der Waals surface area contributed by atoms with Crippen molar-refractivity contribution < 1.29 is 24.5 Å². The van der Waals surface area contributed by atoms with Gasteiger partial charge in [-0.25, -0.2) is 4.79 Å². The molecule has 1 aliphatic heterocycles. The van der Waals surface area contributed by atoms with Crippen molar-refractivity contribution in [2.24, 2.45) is 5.92 Å². The van der Waals surface area contributed by atoms with Crippen LogP contribution in [0, 0.1) is 5.92 Å². The summed E-state index contributed by atoms with van der Waals surface area (Å²) < 4.78 is 10.5. The van der Waals surface area contributed by atoms with Gasteiger partial charge in [0.1, 0.15) is 0 Å². The highest BCUT2D eigenvalue weighted by Gasteiger charge is 2.34. The molecule has 1 heterocycles. The van der Waals surface area contributed by atoms with Gasteiger partial charge in [0.2, 0.25) is 0 Å². The molecule has 1 saturated heterocycles. The topological polar surface area (TPSA) is 79.2 Å². The van der Waals surface area contributed by atoms with E-state index in [0.717, 1.165) is 25.1 Å². The SMILES string of the molecule is COc1cc(CN2CC[C@](C)(O)[C@H](C)C2)cc(Cl)c1OCC(=O)O. The Labute approximate surface area is 146 Å². The van der Waals surface area contributed by atoms with Crippen molar-refractivity contribution >= 4 is 17.6 Å². The smallest absolute Gasteiger partial charge is 0.341 e. The molecule has 0 saturated carbocycles.